The Morgan fingerprint density at radius 1 is 1.03 bits per heavy atom. The van der Waals surface area contributed by atoms with E-state index in [9.17, 15) is 9.59 Å². The van der Waals surface area contributed by atoms with Crippen LogP contribution in [0.3, 0.4) is 0 Å². The number of rotatable bonds is 6. The molecule has 7 nitrogen and oxygen atoms in total. The van der Waals surface area contributed by atoms with Crippen LogP contribution in [0.2, 0.25) is 5.02 Å². The topological polar surface area (TPSA) is 75.0 Å². The molecular formula is C25H26ClN3O4. The smallest absolute Gasteiger partial charge is 0.337 e. The molecule has 8 heteroatoms. The van der Waals surface area contributed by atoms with Crippen LogP contribution in [0.5, 0.6) is 0 Å². The summed E-state index contributed by atoms with van der Waals surface area (Å²) in [5.74, 6) is -0.122. The van der Waals surface area contributed by atoms with Gasteiger partial charge in [-0.25, -0.2) is 4.79 Å². The largest absolute Gasteiger partial charge is 0.465 e. The van der Waals surface area contributed by atoms with E-state index in [4.69, 9.17) is 20.8 Å². The molecule has 0 unspecified atom stereocenters. The Labute approximate surface area is 197 Å². The zero-order valence-electron chi connectivity index (χ0n) is 18.6. The lowest BCUT2D eigenvalue weighted by Crippen LogP contribution is -2.46. The maximum Gasteiger partial charge on any atom is 0.337 e. The molecule has 2 aromatic carbocycles. The van der Waals surface area contributed by atoms with Crippen molar-refractivity contribution in [3.05, 3.63) is 70.9 Å². The van der Waals surface area contributed by atoms with Crippen molar-refractivity contribution in [2.24, 2.45) is 0 Å². The van der Waals surface area contributed by atoms with Crippen molar-refractivity contribution < 1.29 is 18.7 Å². The number of nitrogens with one attached hydrogen (secondary N) is 1. The normalized spacial score (nSPS) is 14.2. The summed E-state index contributed by atoms with van der Waals surface area (Å²) in [5.41, 5.74) is 2.58. The quantitative estimate of drug-likeness (QED) is 0.526. The van der Waals surface area contributed by atoms with Gasteiger partial charge in [-0.2, -0.15) is 0 Å². The van der Waals surface area contributed by atoms with Gasteiger partial charge in [0.25, 0.3) is 5.91 Å². The fourth-order valence-corrected chi connectivity index (χ4v) is 4.00. The zero-order chi connectivity index (χ0) is 23.4. The van der Waals surface area contributed by atoms with E-state index in [1.165, 1.54) is 7.11 Å². The molecule has 0 bridgehead atoms. The third-order valence-corrected chi connectivity index (χ3v) is 6.04. The first kappa shape index (κ1) is 22.9. The minimum Gasteiger partial charge on any atom is -0.465 e. The van der Waals surface area contributed by atoms with Crippen molar-refractivity contribution in [3.63, 3.8) is 0 Å². The number of halogens is 1. The first-order valence-corrected chi connectivity index (χ1v) is 11.2. The van der Waals surface area contributed by atoms with E-state index in [0.717, 1.165) is 44.0 Å². The maximum absolute atomic E-state index is 13.0. The first-order chi connectivity index (χ1) is 16.0. The molecule has 2 heterocycles. The SMILES string of the molecule is CCN1CCN(c2ccc(C(=O)OC)cc2NC(=O)c2ccc(-c3ccc(Cl)cc3)o2)CC1. The van der Waals surface area contributed by atoms with Crippen molar-refractivity contribution >= 4 is 34.9 Å². The Balaban J connectivity index is 1.58. The van der Waals surface area contributed by atoms with Gasteiger partial charge >= 0.3 is 5.97 Å². The zero-order valence-corrected chi connectivity index (χ0v) is 19.4. The number of benzene rings is 2. The molecule has 0 aliphatic carbocycles. The van der Waals surface area contributed by atoms with Gasteiger partial charge in [0.1, 0.15) is 5.76 Å². The van der Waals surface area contributed by atoms with Crippen LogP contribution in [0, 0.1) is 0 Å². The van der Waals surface area contributed by atoms with Crippen LogP contribution in [0.25, 0.3) is 11.3 Å². The minimum atomic E-state index is -0.462. The number of likely N-dealkylation sites (N-methyl/N-ethyl adjacent to an activating group) is 1. The van der Waals surface area contributed by atoms with E-state index < -0.39 is 11.9 Å². The van der Waals surface area contributed by atoms with Crippen molar-refractivity contribution in [2.45, 2.75) is 6.92 Å². The van der Waals surface area contributed by atoms with Gasteiger partial charge in [-0.3, -0.25) is 4.79 Å². The number of carbonyl (C=O) groups excluding carboxylic acids is 2. The average molecular weight is 468 g/mol. The van der Waals surface area contributed by atoms with Crippen molar-refractivity contribution in [1.29, 1.82) is 0 Å². The fraction of sp³-hybridized carbons (Fsp3) is 0.280. The summed E-state index contributed by atoms with van der Waals surface area (Å²) < 4.78 is 10.6. The summed E-state index contributed by atoms with van der Waals surface area (Å²) in [5, 5.41) is 3.55. The summed E-state index contributed by atoms with van der Waals surface area (Å²) in [6, 6.07) is 15.8. The van der Waals surface area contributed by atoms with Gasteiger partial charge in [0.2, 0.25) is 0 Å². The lowest BCUT2D eigenvalue weighted by molar-refractivity contribution is 0.0600. The Hall–Kier alpha value is -3.29. The van der Waals surface area contributed by atoms with Crippen molar-refractivity contribution in [3.8, 4) is 11.3 Å². The van der Waals surface area contributed by atoms with Crippen LogP contribution in [0.15, 0.2) is 59.0 Å². The number of carbonyl (C=O) groups is 2. The van der Waals surface area contributed by atoms with E-state index in [-0.39, 0.29) is 5.76 Å². The van der Waals surface area contributed by atoms with Crippen LogP contribution in [0.4, 0.5) is 11.4 Å². The van der Waals surface area contributed by atoms with E-state index in [2.05, 4.69) is 22.0 Å². The molecule has 172 valence electrons. The highest BCUT2D eigenvalue weighted by molar-refractivity contribution is 6.30. The standard InChI is InChI=1S/C25H26ClN3O4/c1-3-28-12-14-29(15-13-28)21-9-6-18(25(31)32-2)16-20(21)27-24(30)23-11-10-22(33-23)17-4-7-19(26)8-5-17/h4-11,16H,3,12-15H2,1-2H3,(H,27,30). The summed E-state index contributed by atoms with van der Waals surface area (Å²) in [6.07, 6.45) is 0. The molecule has 1 aliphatic heterocycles. The van der Waals surface area contributed by atoms with Crippen LogP contribution >= 0.6 is 11.6 Å². The number of amides is 1. The molecule has 4 rings (SSSR count). The van der Waals surface area contributed by atoms with Gasteiger partial charge in [-0.15, -0.1) is 0 Å². The Kier molecular flexibility index (Phi) is 7.01. The lowest BCUT2D eigenvalue weighted by atomic mass is 10.1. The monoisotopic (exact) mass is 467 g/mol. The number of esters is 1. The second-order valence-electron chi connectivity index (χ2n) is 7.77. The molecular weight excluding hydrogens is 442 g/mol. The first-order valence-electron chi connectivity index (χ1n) is 10.8. The minimum absolute atomic E-state index is 0.171. The number of furan rings is 1. The molecule has 3 aromatic rings. The van der Waals surface area contributed by atoms with E-state index in [1.807, 2.05) is 18.2 Å². The van der Waals surface area contributed by atoms with Crippen LogP contribution in [0.1, 0.15) is 27.8 Å². The highest BCUT2D eigenvalue weighted by Gasteiger charge is 2.22. The highest BCUT2D eigenvalue weighted by Crippen LogP contribution is 2.30. The molecule has 0 atom stereocenters. The molecule has 1 amide bonds. The molecule has 33 heavy (non-hydrogen) atoms. The maximum atomic E-state index is 13.0. The lowest BCUT2D eigenvalue weighted by Gasteiger charge is -2.36. The van der Waals surface area contributed by atoms with Crippen LogP contribution in [-0.2, 0) is 4.74 Å². The Bertz CT molecular complexity index is 1130. The van der Waals surface area contributed by atoms with Crippen LogP contribution < -0.4 is 10.2 Å². The molecule has 0 radical (unpaired) electrons. The molecule has 1 N–H and O–H groups in total. The van der Waals surface area contributed by atoms with Gasteiger partial charge in [0.05, 0.1) is 24.0 Å². The molecule has 0 saturated carbocycles. The Morgan fingerprint density at radius 3 is 2.42 bits per heavy atom. The van der Waals surface area contributed by atoms with Gasteiger partial charge in [-0.1, -0.05) is 18.5 Å². The summed E-state index contributed by atoms with van der Waals surface area (Å²) in [6.45, 7) is 6.68. The predicted molar refractivity (Wildman–Crippen MR) is 129 cm³/mol. The van der Waals surface area contributed by atoms with Gasteiger partial charge < -0.3 is 24.3 Å². The molecule has 0 spiro atoms. The second kappa shape index (κ2) is 10.1. The number of piperazine rings is 1. The van der Waals surface area contributed by atoms with Gasteiger partial charge in [-0.05, 0) is 61.1 Å². The number of hydrogen-bond donors (Lipinski definition) is 1. The summed E-state index contributed by atoms with van der Waals surface area (Å²) in [7, 11) is 1.33. The third kappa shape index (κ3) is 5.21. The van der Waals surface area contributed by atoms with E-state index in [0.29, 0.717) is 22.0 Å². The Morgan fingerprint density at radius 2 is 1.76 bits per heavy atom. The highest BCUT2D eigenvalue weighted by atomic mass is 35.5. The molecule has 1 aliphatic rings. The molecule has 1 fully saturated rings. The van der Waals surface area contributed by atoms with Crippen molar-refractivity contribution in [2.75, 3.05) is 50.1 Å². The van der Waals surface area contributed by atoms with Crippen molar-refractivity contribution in [1.82, 2.24) is 4.90 Å². The second-order valence-corrected chi connectivity index (χ2v) is 8.21. The predicted octanol–water partition coefficient (Wildman–Crippen LogP) is 4.78. The van der Waals surface area contributed by atoms with Crippen LogP contribution in [-0.4, -0.2) is 56.6 Å². The average Bonchev–Trinajstić information content (AvgIpc) is 3.34. The number of methoxy groups -OCH3 is 1. The fourth-order valence-electron chi connectivity index (χ4n) is 3.87. The molecule has 1 aromatic heterocycles. The number of anilines is 2. The number of nitrogens with zero attached hydrogens (tertiary/aromatic N) is 2. The van der Waals surface area contributed by atoms with Gasteiger partial charge in [0, 0.05) is 36.8 Å². The number of hydrogen-bond acceptors (Lipinski definition) is 6. The van der Waals surface area contributed by atoms with E-state index >= 15 is 0 Å². The summed E-state index contributed by atoms with van der Waals surface area (Å²) >= 11 is 5.95. The van der Waals surface area contributed by atoms with E-state index in [1.54, 1.807) is 36.4 Å². The summed E-state index contributed by atoms with van der Waals surface area (Å²) in [4.78, 5) is 29.7. The van der Waals surface area contributed by atoms with Gasteiger partial charge in [0.15, 0.2) is 5.76 Å². The number of ether oxygens (including phenoxy) is 1. The molecule has 1 saturated heterocycles. The third-order valence-electron chi connectivity index (χ3n) is 5.78.